The van der Waals surface area contributed by atoms with E-state index in [2.05, 4.69) is 26.0 Å². The Balaban J connectivity index is 1.68. The Morgan fingerprint density at radius 3 is 2.86 bits per heavy atom. The van der Waals surface area contributed by atoms with E-state index in [0.29, 0.717) is 11.5 Å². The minimum Gasteiger partial charge on any atom is -0.356 e. The summed E-state index contributed by atoms with van der Waals surface area (Å²) in [4.78, 5) is 11.1. The Hall–Kier alpha value is -2.42. The van der Waals surface area contributed by atoms with E-state index in [-0.39, 0.29) is 0 Å². The van der Waals surface area contributed by atoms with Gasteiger partial charge in [0.1, 0.15) is 23.5 Å². The Morgan fingerprint density at radius 1 is 1.36 bits per heavy atom. The molecule has 1 aliphatic heterocycles. The standard InChI is InChI=1S/C16H20N6/c1-12-19-13(2)22(20-12)11-15-4-3-7-21(10-15)16-6-5-14(8-17)9-18-16/h5-6,9,15H,3-4,7,10-11H2,1-2H3/t15-/m1/s1. The van der Waals surface area contributed by atoms with Crippen LogP contribution in [0.3, 0.4) is 0 Å². The van der Waals surface area contributed by atoms with Crippen molar-refractivity contribution in [2.75, 3.05) is 18.0 Å². The van der Waals surface area contributed by atoms with Crippen LogP contribution in [-0.2, 0) is 6.54 Å². The number of anilines is 1. The summed E-state index contributed by atoms with van der Waals surface area (Å²) >= 11 is 0. The van der Waals surface area contributed by atoms with Crippen LogP contribution in [0.4, 0.5) is 5.82 Å². The van der Waals surface area contributed by atoms with E-state index in [4.69, 9.17) is 5.26 Å². The molecular formula is C16H20N6. The minimum absolute atomic E-state index is 0.547. The topological polar surface area (TPSA) is 70.6 Å². The largest absolute Gasteiger partial charge is 0.356 e. The normalized spacial score (nSPS) is 18.2. The Kier molecular flexibility index (Phi) is 4.05. The second kappa shape index (κ2) is 6.14. The summed E-state index contributed by atoms with van der Waals surface area (Å²) in [6, 6.07) is 5.87. The van der Waals surface area contributed by atoms with Crippen LogP contribution in [0.15, 0.2) is 18.3 Å². The highest BCUT2D eigenvalue weighted by Crippen LogP contribution is 2.23. The maximum Gasteiger partial charge on any atom is 0.147 e. The molecule has 0 N–H and O–H groups in total. The molecule has 0 saturated carbocycles. The molecule has 0 unspecified atom stereocenters. The molecule has 6 heteroatoms. The van der Waals surface area contributed by atoms with Gasteiger partial charge in [0, 0.05) is 25.8 Å². The fourth-order valence-corrected chi connectivity index (χ4v) is 3.04. The zero-order valence-corrected chi connectivity index (χ0v) is 13.0. The van der Waals surface area contributed by atoms with Gasteiger partial charge in [-0.15, -0.1) is 0 Å². The van der Waals surface area contributed by atoms with Gasteiger partial charge < -0.3 is 4.90 Å². The molecule has 1 atom stereocenters. The first-order valence-corrected chi connectivity index (χ1v) is 7.65. The number of aromatic nitrogens is 4. The van der Waals surface area contributed by atoms with Gasteiger partial charge in [0.05, 0.1) is 5.56 Å². The number of hydrogen-bond donors (Lipinski definition) is 0. The third-order valence-electron chi connectivity index (χ3n) is 4.11. The van der Waals surface area contributed by atoms with Gasteiger partial charge in [-0.1, -0.05) is 0 Å². The van der Waals surface area contributed by atoms with Gasteiger partial charge in [0.15, 0.2) is 0 Å². The van der Waals surface area contributed by atoms with E-state index in [1.807, 2.05) is 30.7 Å². The fourth-order valence-electron chi connectivity index (χ4n) is 3.04. The first-order valence-electron chi connectivity index (χ1n) is 7.65. The molecule has 1 aliphatic rings. The maximum atomic E-state index is 8.85. The van der Waals surface area contributed by atoms with Gasteiger partial charge in [-0.05, 0) is 44.7 Å². The SMILES string of the molecule is Cc1nc(C)n(C[C@@H]2CCCN(c3ccc(C#N)cn3)C2)n1. The second-order valence-corrected chi connectivity index (χ2v) is 5.86. The van der Waals surface area contributed by atoms with Crippen molar-refractivity contribution in [2.24, 2.45) is 5.92 Å². The summed E-state index contributed by atoms with van der Waals surface area (Å²) in [5, 5.41) is 13.3. The van der Waals surface area contributed by atoms with Gasteiger partial charge in [0.2, 0.25) is 0 Å². The quantitative estimate of drug-likeness (QED) is 0.867. The second-order valence-electron chi connectivity index (χ2n) is 5.86. The molecule has 0 bridgehead atoms. The van der Waals surface area contributed by atoms with E-state index < -0.39 is 0 Å². The summed E-state index contributed by atoms with van der Waals surface area (Å²) in [6.07, 6.45) is 3.99. The van der Waals surface area contributed by atoms with Gasteiger partial charge >= 0.3 is 0 Å². The number of aryl methyl sites for hydroxylation is 2. The highest BCUT2D eigenvalue weighted by atomic mass is 15.3. The van der Waals surface area contributed by atoms with E-state index in [1.54, 1.807) is 6.20 Å². The third kappa shape index (κ3) is 3.08. The maximum absolute atomic E-state index is 8.85. The molecular weight excluding hydrogens is 276 g/mol. The van der Waals surface area contributed by atoms with Crippen molar-refractivity contribution in [2.45, 2.75) is 33.2 Å². The predicted octanol–water partition coefficient (Wildman–Crippen LogP) is 2.08. The Morgan fingerprint density at radius 2 is 2.23 bits per heavy atom. The van der Waals surface area contributed by atoms with Crippen molar-refractivity contribution in [3.05, 3.63) is 35.5 Å². The lowest BCUT2D eigenvalue weighted by Crippen LogP contribution is -2.37. The molecule has 22 heavy (non-hydrogen) atoms. The summed E-state index contributed by atoms with van der Waals surface area (Å²) in [7, 11) is 0. The fraction of sp³-hybridized carbons (Fsp3) is 0.500. The molecule has 0 aliphatic carbocycles. The van der Waals surface area contributed by atoms with Gasteiger partial charge in [-0.25, -0.2) is 14.6 Å². The predicted molar refractivity (Wildman–Crippen MR) is 83.4 cm³/mol. The van der Waals surface area contributed by atoms with Crippen molar-refractivity contribution in [1.29, 1.82) is 5.26 Å². The number of pyridine rings is 1. The van der Waals surface area contributed by atoms with Crippen LogP contribution in [-0.4, -0.2) is 32.8 Å². The smallest absolute Gasteiger partial charge is 0.147 e. The molecule has 2 aromatic heterocycles. The van der Waals surface area contributed by atoms with Crippen LogP contribution >= 0.6 is 0 Å². The van der Waals surface area contributed by atoms with Crippen LogP contribution < -0.4 is 4.90 Å². The van der Waals surface area contributed by atoms with Crippen molar-refractivity contribution in [3.63, 3.8) is 0 Å². The number of nitrogens with zero attached hydrogens (tertiary/aromatic N) is 6. The van der Waals surface area contributed by atoms with Crippen molar-refractivity contribution in [3.8, 4) is 6.07 Å². The van der Waals surface area contributed by atoms with Crippen LogP contribution in [0, 0.1) is 31.1 Å². The summed E-state index contributed by atoms with van der Waals surface area (Å²) in [5.41, 5.74) is 0.603. The van der Waals surface area contributed by atoms with Crippen molar-refractivity contribution >= 4 is 5.82 Å². The van der Waals surface area contributed by atoms with E-state index >= 15 is 0 Å². The molecule has 0 aromatic carbocycles. The van der Waals surface area contributed by atoms with Crippen molar-refractivity contribution in [1.82, 2.24) is 19.7 Å². The molecule has 0 spiro atoms. The van der Waals surface area contributed by atoms with Crippen LogP contribution in [0.1, 0.15) is 30.1 Å². The first-order chi connectivity index (χ1) is 10.7. The van der Waals surface area contributed by atoms with E-state index in [1.165, 1.54) is 6.42 Å². The van der Waals surface area contributed by atoms with Crippen LogP contribution in [0.5, 0.6) is 0 Å². The monoisotopic (exact) mass is 296 g/mol. The van der Waals surface area contributed by atoms with Crippen LogP contribution in [0.25, 0.3) is 0 Å². The molecule has 6 nitrogen and oxygen atoms in total. The van der Waals surface area contributed by atoms with Gasteiger partial charge in [-0.2, -0.15) is 10.4 Å². The average molecular weight is 296 g/mol. The first kappa shape index (κ1) is 14.5. The zero-order valence-electron chi connectivity index (χ0n) is 13.0. The Bertz CT molecular complexity index is 682. The number of hydrogen-bond acceptors (Lipinski definition) is 5. The molecule has 3 rings (SSSR count). The number of nitriles is 1. The Labute approximate surface area is 130 Å². The van der Waals surface area contributed by atoms with Gasteiger partial charge in [0.25, 0.3) is 0 Å². The summed E-state index contributed by atoms with van der Waals surface area (Å²) < 4.78 is 2.01. The lowest BCUT2D eigenvalue weighted by molar-refractivity contribution is 0.346. The lowest BCUT2D eigenvalue weighted by Gasteiger charge is -2.33. The molecule has 1 fully saturated rings. The molecule has 0 radical (unpaired) electrons. The minimum atomic E-state index is 0.547. The zero-order chi connectivity index (χ0) is 15.5. The van der Waals surface area contributed by atoms with Crippen LogP contribution in [0.2, 0.25) is 0 Å². The lowest BCUT2D eigenvalue weighted by atomic mass is 9.98. The van der Waals surface area contributed by atoms with E-state index in [9.17, 15) is 0 Å². The molecule has 3 heterocycles. The number of piperidine rings is 1. The molecule has 2 aromatic rings. The highest BCUT2D eigenvalue weighted by Gasteiger charge is 2.22. The summed E-state index contributed by atoms with van der Waals surface area (Å²) in [6.45, 7) is 6.82. The number of rotatable bonds is 3. The van der Waals surface area contributed by atoms with E-state index in [0.717, 1.165) is 43.5 Å². The highest BCUT2D eigenvalue weighted by molar-refractivity contribution is 5.42. The molecule has 114 valence electrons. The van der Waals surface area contributed by atoms with Crippen molar-refractivity contribution < 1.29 is 0 Å². The third-order valence-corrected chi connectivity index (χ3v) is 4.11. The molecule has 1 saturated heterocycles. The summed E-state index contributed by atoms with van der Waals surface area (Å²) in [5.74, 6) is 3.31. The average Bonchev–Trinajstić information content (AvgIpc) is 2.85. The van der Waals surface area contributed by atoms with Gasteiger partial charge in [-0.3, -0.25) is 0 Å². The molecule has 0 amide bonds.